The van der Waals surface area contributed by atoms with Crippen LogP contribution in [0.1, 0.15) is 29.3 Å². The lowest BCUT2D eigenvalue weighted by atomic mass is 9.85. The van der Waals surface area contributed by atoms with E-state index in [1.807, 2.05) is 6.92 Å². The van der Waals surface area contributed by atoms with Gasteiger partial charge < -0.3 is 26.0 Å². The van der Waals surface area contributed by atoms with E-state index in [0.717, 1.165) is 0 Å². The Morgan fingerprint density at radius 1 is 1.34 bits per heavy atom. The van der Waals surface area contributed by atoms with Crippen LogP contribution in [0.25, 0.3) is 0 Å². The van der Waals surface area contributed by atoms with E-state index < -0.39 is 58.7 Å². The fourth-order valence-electron chi connectivity index (χ4n) is 4.49. The number of carbonyl (C=O) groups is 1. The topological polar surface area (TPSA) is 158 Å². The lowest BCUT2D eigenvalue weighted by molar-refractivity contribution is -0.623. The van der Waals surface area contributed by atoms with E-state index in [9.17, 15) is 32.6 Å². The van der Waals surface area contributed by atoms with Gasteiger partial charge in [-0.1, -0.05) is 6.92 Å². The number of aliphatic hydroxyl groups is 2. The third kappa shape index (κ3) is 3.04. The Morgan fingerprint density at radius 3 is 2.66 bits per heavy atom. The Balaban J connectivity index is 1.69. The molecule has 4 atom stereocenters. The van der Waals surface area contributed by atoms with Crippen LogP contribution >= 0.6 is 0 Å². The van der Waals surface area contributed by atoms with Gasteiger partial charge in [-0.25, -0.2) is 18.8 Å². The highest BCUT2D eigenvalue weighted by Crippen LogP contribution is 2.43. The molecule has 10 nitrogen and oxygen atoms in total. The van der Waals surface area contributed by atoms with Crippen molar-refractivity contribution in [2.75, 3.05) is 6.54 Å². The molecule has 3 heterocycles. The Morgan fingerprint density at radius 2 is 2.03 bits per heavy atom. The number of esters is 1. The Hall–Kier alpha value is -3.13. The smallest absolute Gasteiger partial charge is 0.416 e. The Bertz CT molecular complexity index is 1040. The molecule has 4 rings (SSSR count). The van der Waals surface area contributed by atoms with Crippen LogP contribution in [0.3, 0.4) is 0 Å². The van der Waals surface area contributed by atoms with Crippen LogP contribution in [-0.2, 0) is 10.9 Å². The van der Waals surface area contributed by atoms with E-state index in [1.165, 1.54) is 4.58 Å². The van der Waals surface area contributed by atoms with Gasteiger partial charge in [-0.05, 0) is 24.6 Å². The van der Waals surface area contributed by atoms with Gasteiger partial charge in [0.15, 0.2) is 12.1 Å². The number of halogens is 4. The highest BCUT2D eigenvalue weighted by Gasteiger charge is 2.75. The van der Waals surface area contributed by atoms with Crippen molar-refractivity contribution in [3.05, 3.63) is 35.1 Å². The van der Waals surface area contributed by atoms with Gasteiger partial charge in [-0.15, -0.1) is 0 Å². The van der Waals surface area contributed by atoms with Gasteiger partial charge in [0, 0.05) is 0 Å². The van der Waals surface area contributed by atoms with Crippen LogP contribution < -0.4 is 22.1 Å². The van der Waals surface area contributed by atoms with E-state index in [0.29, 0.717) is 18.6 Å². The highest BCUT2D eigenvalue weighted by atomic mass is 19.4. The summed E-state index contributed by atoms with van der Waals surface area (Å²) in [5, 5.41) is 27.9. The van der Waals surface area contributed by atoms with Crippen molar-refractivity contribution in [1.29, 1.82) is 0 Å². The summed E-state index contributed by atoms with van der Waals surface area (Å²) in [5.74, 6) is -5.58. The van der Waals surface area contributed by atoms with Gasteiger partial charge in [0.05, 0.1) is 11.1 Å². The molecule has 1 spiro atoms. The quantitative estimate of drug-likeness (QED) is 0.141. The molecule has 1 saturated heterocycles. The van der Waals surface area contributed by atoms with Gasteiger partial charge in [-0.2, -0.15) is 13.2 Å². The summed E-state index contributed by atoms with van der Waals surface area (Å²) < 4.78 is 59.0. The molecule has 0 unspecified atom stereocenters. The van der Waals surface area contributed by atoms with Gasteiger partial charge in [-0.3, -0.25) is 11.1 Å². The Labute approximate surface area is 178 Å². The number of alkyl halides is 3. The maximum absolute atomic E-state index is 13.7. The fraction of sp³-hybridized carbons (Fsp3) is 0.500. The summed E-state index contributed by atoms with van der Waals surface area (Å²) >= 11 is 0. The number of nitrogens with two attached hydrogens (primary N) is 2. The zero-order valence-corrected chi connectivity index (χ0v) is 16.7. The first kappa shape index (κ1) is 22.1. The molecule has 0 aliphatic carbocycles. The SMILES string of the molecule is CC[C@@H]1NC(N)=[N+]2C[C@H](OC(=O)c3cc(F)cc(C(F)(F)F)c3)C(O)(O)[C@@]23NC(N)=N[C@@H]13. The third-order valence-electron chi connectivity index (χ3n) is 5.96. The zero-order chi connectivity index (χ0) is 23.6. The predicted octanol–water partition coefficient (Wildman–Crippen LogP) is -1.24. The summed E-state index contributed by atoms with van der Waals surface area (Å²) in [5.41, 5.74) is 7.92. The molecule has 1 aromatic carbocycles. The summed E-state index contributed by atoms with van der Waals surface area (Å²) in [6.45, 7) is 1.45. The highest BCUT2D eigenvalue weighted by molar-refractivity contribution is 5.90. The van der Waals surface area contributed by atoms with Crippen molar-refractivity contribution >= 4 is 17.9 Å². The first-order valence-electron chi connectivity index (χ1n) is 9.62. The summed E-state index contributed by atoms with van der Waals surface area (Å²) in [6.07, 6.45) is -6.12. The Kier molecular flexibility index (Phi) is 4.78. The van der Waals surface area contributed by atoms with E-state index in [4.69, 9.17) is 16.2 Å². The number of hydrogen-bond donors (Lipinski definition) is 6. The maximum atomic E-state index is 13.7. The minimum Gasteiger partial charge on any atom is -0.449 e. The molecule has 3 aliphatic rings. The summed E-state index contributed by atoms with van der Waals surface area (Å²) in [4.78, 5) is 16.8. The molecule has 1 aromatic rings. The molecule has 0 radical (unpaired) electrons. The second-order valence-electron chi connectivity index (χ2n) is 7.85. The van der Waals surface area contributed by atoms with Crippen LogP contribution in [0, 0.1) is 5.82 Å². The minimum absolute atomic E-state index is 0.0293. The van der Waals surface area contributed by atoms with Crippen LogP contribution in [0.2, 0.25) is 0 Å². The van der Waals surface area contributed by atoms with Crippen LogP contribution in [-0.4, -0.2) is 68.9 Å². The average molecular weight is 461 g/mol. The first-order chi connectivity index (χ1) is 14.8. The average Bonchev–Trinajstić information content (AvgIpc) is 3.15. The minimum atomic E-state index is -4.90. The molecule has 32 heavy (non-hydrogen) atoms. The lowest BCUT2D eigenvalue weighted by Crippen LogP contribution is -2.78. The van der Waals surface area contributed by atoms with Crippen molar-refractivity contribution in [3.8, 4) is 0 Å². The first-order valence-corrected chi connectivity index (χ1v) is 9.62. The number of benzene rings is 1. The van der Waals surface area contributed by atoms with Gasteiger partial charge in [0.25, 0.3) is 5.79 Å². The lowest BCUT2D eigenvalue weighted by Gasteiger charge is -2.43. The van der Waals surface area contributed by atoms with Crippen LogP contribution in [0.15, 0.2) is 23.2 Å². The molecule has 0 bridgehead atoms. The molecule has 174 valence electrons. The third-order valence-corrected chi connectivity index (χ3v) is 5.96. The second-order valence-corrected chi connectivity index (χ2v) is 7.85. The molecule has 14 heteroatoms. The molecule has 8 N–H and O–H groups in total. The number of nitrogens with zero attached hydrogens (tertiary/aromatic N) is 2. The number of ether oxygens (including phenoxy) is 1. The maximum Gasteiger partial charge on any atom is 0.416 e. The number of aliphatic imine (C=N–C) groups is 1. The largest absolute Gasteiger partial charge is 0.449 e. The van der Waals surface area contributed by atoms with E-state index in [1.54, 1.807) is 0 Å². The molecular formula is C18H21F4N6O4+. The van der Waals surface area contributed by atoms with Gasteiger partial charge >= 0.3 is 18.1 Å². The molecule has 0 aromatic heterocycles. The molecule has 0 saturated carbocycles. The molecule has 0 amide bonds. The van der Waals surface area contributed by atoms with E-state index in [-0.39, 0.29) is 24.5 Å². The van der Waals surface area contributed by atoms with Gasteiger partial charge in [0.1, 0.15) is 24.4 Å². The number of rotatable bonds is 3. The van der Waals surface area contributed by atoms with E-state index >= 15 is 0 Å². The van der Waals surface area contributed by atoms with Crippen molar-refractivity contribution in [3.63, 3.8) is 0 Å². The fourth-order valence-corrected chi connectivity index (χ4v) is 4.49. The second kappa shape index (κ2) is 6.93. The van der Waals surface area contributed by atoms with Crippen LogP contribution in [0.4, 0.5) is 17.6 Å². The van der Waals surface area contributed by atoms with E-state index in [2.05, 4.69) is 15.6 Å². The summed E-state index contributed by atoms with van der Waals surface area (Å²) in [7, 11) is 0. The number of nitrogens with one attached hydrogen (secondary N) is 2. The normalized spacial score (nSPS) is 30.7. The number of hydrogen-bond acceptors (Lipinski definition) is 9. The number of guanidine groups is 2. The van der Waals surface area contributed by atoms with Crippen molar-refractivity contribution in [2.24, 2.45) is 16.5 Å². The van der Waals surface area contributed by atoms with Crippen molar-refractivity contribution in [2.45, 2.75) is 49.2 Å². The molecule has 3 aliphatic heterocycles. The van der Waals surface area contributed by atoms with Crippen LogP contribution in [0.5, 0.6) is 0 Å². The monoisotopic (exact) mass is 461 g/mol. The standard InChI is InChI=1S/C18H20F4N6O4/c1-2-10-12-16(27-14(23)26-12)17(30,31)11(6-28(16)15(24)25-10)32-13(29)7-3-8(18(20,21)22)5-9(19)4-7/h3-5,10-12,30-31H,2,6H2,1H3,(H5,23,24,25,26,27)/p+1/t10-,11-,12-,16-/m0/s1. The number of carbonyl (C=O) groups excluding carboxylic acids is 1. The zero-order valence-electron chi connectivity index (χ0n) is 16.7. The van der Waals surface area contributed by atoms with Crippen molar-refractivity contribution in [1.82, 2.24) is 10.6 Å². The predicted molar refractivity (Wildman–Crippen MR) is 101 cm³/mol. The summed E-state index contributed by atoms with van der Waals surface area (Å²) in [6, 6.07) is -0.112. The molecule has 1 fully saturated rings. The molecular weight excluding hydrogens is 440 g/mol. The van der Waals surface area contributed by atoms with Gasteiger partial charge in [0.2, 0.25) is 5.66 Å². The van der Waals surface area contributed by atoms with Crippen molar-refractivity contribution < 1.29 is 41.9 Å².